The lowest BCUT2D eigenvalue weighted by Crippen LogP contribution is -2.41. The first-order chi connectivity index (χ1) is 14.2. The van der Waals surface area contributed by atoms with Crippen molar-refractivity contribution in [3.8, 4) is 11.5 Å². The van der Waals surface area contributed by atoms with Crippen molar-refractivity contribution in [3.05, 3.63) is 59.9 Å². The molecule has 6 heteroatoms. The molecule has 0 spiro atoms. The summed E-state index contributed by atoms with van der Waals surface area (Å²) in [6.07, 6.45) is -0.969. The third-order valence-electron chi connectivity index (χ3n) is 4.31. The van der Waals surface area contributed by atoms with Crippen molar-refractivity contribution in [2.45, 2.75) is 52.9 Å². The molecule has 3 aromatic rings. The number of benzene rings is 2. The van der Waals surface area contributed by atoms with Gasteiger partial charge in [0.15, 0.2) is 6.10 Å². The summed E-state index contributed by atoms with van der Waals surface area (Å²) in [4.78, 5) is 12.0. The zero-order chi connectivity index (χ0) is 21.7. The van der Waals surface area contributed by atoms with Gasteiger partial charge in [0.25, 0.3) is 0 Å². The molecular weight excluding hydrogens is 382 g/mol. The van der Waals surface area contributed by atoms with Gasteiger partial charge in [0.1, 0.15) is 29.4 Å². The minimum absolute atomic E-state index is 0.358. The number of hydrogen-bond donors (Lipinski definition) is 1. The Morgan fingerprint density at radius 2 is 1.70 bits per heavy atom. The van der Waals surface area contributed by atoms with Crippen LogP contribution in [0.4, 0.5) is 4.79 Å². The van der Waals surface area contributed by atoms with Crippen molar-refractivity contribution in [3.63, 3.8) is 0 Å². The lowest BCUT2D eigenvalue weighted by Gasteiger charge is -2.21. The Morgan fingerprint density at radius 1 is 1.03 bits per heavy atom. The molecule has 1 atom stereocenters. The van der Waals surface area contributed by atoms with E-state index in [1.807, 2.05) is 76.2 Å². The van der Waals surface area contributed by atoms with Gasteiger partial charge in [0, 0.05) is 10.9 Å². The smallest absolute Gasteiger partial charge is 0.408 e. The van der Waals surface area contributed by atoms with Gasteiger partial charge < -0.3 is 23.9 Å². The number of fused-ring (bicyclic) bond motifs is 1. The van der Waals surface area contributed by atoms with Crippen molar-refractivity contribution in [1.29, 1.82) is 0 Å². The van der Waals surface area contributed by atoms with Crippen molar-refractivity contribution in [2.75, 3.05) is 6.61 Å². The van der Waals surface area contributed by atoms with E-state index >= 15 is 0 Å². The van der Waals surface area contributed by atoms with Crippen LogP contribution < -0.4 is 14.8 Å². The molecule has 6 nitrogen and oxygen atoms in total. The molecule has 0 saturated heterocycles. The van der Waals surface area contributed by atoms with Gasteiger partial charge in [-0.15, -0.1) is 0 Å². The van der Waals surface area contributed by atoms with E-state index in [9.17, 15) is 4.79 Å². The zero-order valence-corrected chi connectivity index (χ0v) is 18.2. The fourth-order valence-electron chi connectivity index (χ4n) is 2.91. The van der Waals surface area contributed by atoms with Crippen molar-refractivity contribution < 1.29 is 23.4 Å². The average Bonchev–Trinajstić information content (AvgIpc) is 3.10. The third kappa shape index (κ3) is 5.92. The summed E-state index contributed by atoms with van der Waals surface area (Å²) in [7, 11) is 0. The number of furan rings is 1. The predicted octanol–water partition coefficient (Wildman–Crippen LogP) is 6.00. The van der Waals surface area contributed by atoms with Crippen LogP contribution in [0.2, 0.25) is 0 Å². The topological polar surface area (TPSA) is 69.9 Å². The lowest BCUT2D eigenvalue weighted by atomic mass is 10.1. The summed E-state index contributed by atoms with van der Waals surface area (Å²) < 4.78 is 22.6. The number of carbonyl (C=O) groups is 1. The molecule has 1 amide bonds. The molecule has 0 aliphatic rings. The Labute approximate surface area is 177 Å². The number of hydrogen-bond acceptors (Lipinski definition) is 5. The first kappa shape index (κ1) is 21.6. The lowest BCUT2D eigenvalue weighted by molar-refractivity contribution is 0.0896. The SMILES string of the molecule is CCOc1ccc(OCc2ccc3cc(C(C)OC(=O)NC(C)(C)C)oc3c2)cc1. The number of carbonyl (C=O) groups excluding carboxylic acids is 1. The van der Waals surface area contributed by atoms with Crippen LogP contribution in [-0.4, -0.2) is 18.2 Å². The highest BCUT2D eigenvalue weighted by Crippen LogP contribution is 2.27. The first-order valence-corrected chi connectivity index (χ1v) is 10.1. The van der Waals surface area contributed by atoms with Crippen LogP contribution in [0.25, 0.3) is 11.0 Å². The first-order valence-electron chi connectivity index (χ1n) is 10.1. The molecule has 3 rings (SSSR count). The van der Waals surface area contributed by atoms with Crippen molar-refractivity contribution in [1.82, 2.24) is 5.32 Å². The third-order valence-corrected chi connectivity index (χ3v) is 4.31. The van der Waals surface area contributed by atoms with Crippen LogP contribution in [0.1, 0.15) is 52.0 Å². The van der Waals surface area contributed by atoms with E-state index in [4.69, 9.17) is 18.6 Å². The number of ether oxygens (including phenoxy) is 3. The van der Waals surface area contributed by atoms with E-state index in [-0.39, 0.29) is 5.54 Å². The van der Waals surface area contributed by atoms with Gasteiger partial charge in [0.05, 0.1) is 6.61 Å². The average molecular weight is 411 g/mol. The molecule has 0 bridgehead atoms. The fraction of sp³-hybridized carbons (Fsp3) is 0.375. The number of nitrogens with one attached hydrogen (secondary N) is 1. The van der Waals surface area contributed by atoms with Crippen LogP contribution in [0.15, 0.2) is 52.9 Å². The summed E-state index contributed by atoms with van der Waals surface area (Å²) in [6.45, 7) is 10.5. The highest BCUT2D eigenvalue weighted by molar-refractivity contribution is 5.79. The van der Waals surface area contributed by atoms with Crippen LogP contribution >= 0.6 is 0 Å². The summed E-state index contributed by atoms with van der Waals surface area (Å²) >= 11 is 0. The van der Waals surface area contributed by atoms with Crippen LogP contribution in [0.3, 0.4) is 0 Å². The maximum absolute atomic E-state index is 12.0. The molecule has 0 radical (unpaired) electrons. The molecule has 1 heterocycles. The highest BCUT2D eigenvalue weighted by atomic mass is 16.6. The molecule has 0 saturated carbocycles. The Kier molecular flexibility index (Phi) is 6.55. The molecule has 160 valence electrons. The second kappa shape index (κ2) is 9.11. The molecule has 30 heavy (non-hydrogen) atoms. The Morgan fingerprint density at radius 3 is 2.33 bits per heavy atom. The minimum atomic E-state index is -0.497. The molecule has 0 aliphatic heterocycles. The van der Waals surface area contributed by atoms with E-state index in [0.29, 0.717) is 19.0 Å². The summed E-state index contributed by atoms with van der Waals surface area (Å²) in [5, 5.41) is 3.72. The number of rotatable bonds is 7. The molecule has 0 aliphatic carbocycles. The standard InChI is InChI=1S/C24H29NO5/c1-6-27-19-9-11-20(12-10-19)28-15-17-7-8-18-14-21(30-22(18)13-17)16(2)29-23(26)25-24(3,4)5/h7-14,16H,6,15H2,1-5H3,(H,25,26). The molecule has 2 aromatic carbocycles. The maximum atomic E-state index is 12.0. The van der Waals surface area contributed by atoms with Crippen LogP contribution in [0.5, 0.6) is 11.5 Å². The summed E-state index contributed by atoms with van der Waals surface area (Å²) in [5.41, 5.74) is 1.35. The van der Waals surface area contributed by atoms with E-state index in [0.717, 1.165) is 28.0 Å². The molecule has 1 unspecified atom stereocenters. The van der Waals surface area contributed by atoms with E-state index < -0.39 is 12.2 Å². The minimum Gasteiger partial charge on any atom is -0.494 e. The highest BCUT2D eigenvalue weighted by Gasteiger charge is 2.20. The Balaban J connectivity index is 1.63. The fourth-order valence-corrected chi connectivity index (χ4v) is 2.91. The normalized spacial score (nSPS) is 12.4. The van der Waals surface area contributed by atoms with Gasteiger partial charge in [-0.2, -0.15) is 0 Å². The van der Waals surface area contributed by atoms with Gasteiger partial charge >= 0.3 is 6.09 Å². The van der Waals surface area contributed by atoms with Gasteiger partial charge in [-0.05, 0) is 76.6 Å². The second-order valence-electron chi connectivity index (χ2n) is 8.14. The van der Waals surface area contributed by atoms with Gasteiger partial charge in [-0.1, -0.05) is 12.1 Å². The monoisotopic (exact) mass is 411 g/mol. The van der Waals surface area contributed by atoms with E-state index in [2.05, 4.69) is 5.32 Å². The van der Waals surface area contributed by atoms with Gasteiger partial charge in [-0.25, -0.2) is 4.79 Å². The van der Waals surface area contributed by atoms with Gasteiger partial charge in [0.2, 0.25) is 0 Å². The van der Waals surface area contributed by atoms with Crippen molar-refractivity contribution in [2.24, 2.45) is 0 Å². The molecule has 0 fully saturated rings. The summed E-state index contributed by atoms with van der Waals surface area (Å²) in [5.74, 6) is 2.19. The predicted molar refractivity (Wildman–Crippen MR) is 116 cm³/mol. The summed E-state index contributed by atoms with van der Waals surface area (Å²) in [6, 6.07) is 15.3. The Bertz CT molecular complexity index is 985. The van der Waals surface area contributed by atoms with Gasteiger partial charge in [-0.3, -0.25) is 0 Å². The Hall–Kier alpha value is -3.15. The zero-order valence-electron chi connectivity index (χ0n) is 18.2. The number of amides is 1. The van der Waals surface area contributed by atoms with Crippen molar-refractivity contribution >= 4 is 17.1 Å². The van der Waals surface area contributed by atoms with Crippen LogP contribution in [0, 0.1) is 0 Å². The maximum Gasteiger partial charge on any atom is 0.408 e. The molecular formula is C24H29NO5. The molecule has 1 N–H and O–H groups in total. The quantitative estimate of drug-likeness (QED) is 0.517. The number of alkyl carbamates (subject to hydrolysis) is 1. The van der Waals surface area contributed by atoms with E-state index in [1.54, 1.807) is 6.92 Å². The van der Waals surface area contributed by atoms with Crippen LogP contribution in [-0.2, 0) is 11.3 Å². The second-order valence-corrected chi connectivity index (χ2v) is 8.14. The van der Waals surface area contributed by atoms with E-state index in [1.165, 1.54) is 0 Å². The largest absolute Gasteiger partial charge is 0.494 e. The molecule has 1 aromatic heterocycles.